The Balaban J connectivity index is 1.54. The maximum Gasteiger partial charge on any atom is 0.419 e. The second kappa shape index (κ2) is 7.93. The molecular weight excluding hydrogens is 457 g/mol. The van der Waals surface area contributed by atoms with Crippen LogP contribution in [0, 0.1) is 11.6 Å². The molecule has 6 nitrogen and oxygen atoms in total. The van der Waals surface area contributed by atoms with Crippen LogP contribution in [0.4, 0.5) is 27.9 Å². The van der Waals surface area contributed by atoms with E-state index in [1.54, 1.807) is 0 Å². The molecule has 0 saturated carbocycles. The fourth-order valence-corrected chi connectivity index (χ4v) is 4.17. The molecular formula is C23H18F5N5O. The lowest BCUT2D eigenvalue weighted by molar-refractivity contribution is -0.140. The number of aromatic nitrogens is 4. The highest BCUT2D eigenvalue weighted by Gasteiger charge is 2.38. The molecule has 1 N–H and O–H groups in total. The fourth-order valence-electron chi connectivity index (χ4n) is 4.17. The molecule has 1 atom stereocenters. The van der Waals surface area contributed by atoms with E-state index in [0.717, 1.165) is 19.4 Å². The van der Waals surface area contributed by atoms with Gasteiger partial charge in [0.15, 0.2) is 23.0 Å². The summed E-state index contributed by atoms with van der Waals surface area (Å²) in [6.07, 6.45) is -2.03. The highest BCUT2D eigenvalue weighted by Crippen LogP contribution is 2.41. The molecule has 1 aliphatic heterocycles. The van der Waals surface area contributed by atoms with Gasteiger partial charge in [-0.1, -0.05) is 30.3 Å². The van der Waals surface area contributed by atoms with Crippen molar-refractivity contribution in [2.24, 2.45) is 7.05 Å². The summed E-state index contributed by atoms with van der Waals surface area (Å²) in [4.78, 5) is 10.9. The lowest BCUT2D eigenvalue weighted by atomic mass is 9.96. The number of hydrogen-bond acceptors (Lipinski definition) is 5. The molecule has 0 bridgehead atoms. The number of alkyl halides is 3. The molecule has 0 amide bonds. The van der Waals surface area contributed by atoms with Crippen LogP contribution in [0.15, 0.2) is 42.6 Å². The third-order valence-corrected chi connectivity index (χ3v) is 6.02. The second-order valence-corrected chi connectivity index (χ2v) is 8.15. The molecule has 0 aliphatic carbocycles. The summed E-state index contributed by atoms with van der Waals surface area (Å²) < 4.78 is 69.5. The van der Waals surface area contributed by atoms with Gasteiger partial charge in [-0.25, -0.2) is 18.4 Å². The third-order valence-electron chi connectivity index (χ3n) is 6.02. The molecule has 1 saturated heterocycles. The van der Waals surface area contributed by atoms with Crippen LogP contribution in [-0.2, 0) is 19.6 Å². The van der Waals surface area contributed by atoms with E-state index in [1.807, 2.05) is 35.2 Å². The second-order valence-electron chi connectivity index (χ2n) is 8.15. The summed E-state index contributed by atoms with van der Waals surface area (Å²) in [6.45, 7) is 0.739. The van der Waals surface area contributed by atoms with E-state index < -0.39 is 34.7 Å². The van der Waals surface area contributed by atoms with Gasteiger partial charge in [-0.05, 0) is 24.5 Å². The van der Waals surface area contributed by atoms with Crippen molar-refractivity contribution < 1.29 is 27.1 Å². The molecule has 0 unspecified atom stereocenters. The van der Waals surface area contributed by atoms with Crippen molar-refractivity contribution in [3.63, 3.8) is 0 Å². The van der Waals surface area contributed by atoms with Gasteiger partial charge in [-0.15, -0.1) is 0 Å². The largest absolute Gasteiger partial charge is 0.503 e. The molecule has 2 aromatic heterocycles. The Labute approximate surface area is 190 Å². The maximum atomic E-state index is 14.6. The van der Waals surface area contributed by atoms with E-state index in [2.05, 4.69) is 15.1 Å². The minimum absolute atomic E-state index is 0.171. The first kappa shape index (κ1) is 22.1. The highest BCUT2D eigenvalue weighted by molar-refractivity contribution is 5.91. The molecule has 176 valence electrons. The van der Waals surface area contributed by atoms with Crippen LogP contribution in [0.3, 0.4) is 0 Å². The van der Waals surface area contributed by atoms with E-state index in [0.29, 0.717) is 12.0 Å². The Morgan fingerprint density at radius 3 is 2.50 bits per heavy atom. The quantitative estimate of drug-likeness (QED) is 0.428. The van der Waals surface area contributed by atoms with Gasteiger partial charge < -0.3 is 10.0 Å². The van der Waals surface area contributed by atoms with Crippen LogP contribution in [-0.4, -0.2) is 37.4 Å². The minimum atomic E-state index is -5.14. The Morgan fingerprint density at radius 2 is 1.85 bits per heavy atom. The van der Waals surface area contributed by atoms with Crippen molar-refractivity contribution in [2.75, 3.05) is 11.4 Å². The molecule has 11 heteroatoms. The molecule has 34 heavy (non-hydrogen) atoms. The number of hydrogen-bond donors (Lipinski definition) is 1. The van der Waals surface area contributed by atoms with E-state index in [-0.39, 0.29) is 22.8 Å². The Hall–Kier alpha value is -3.76. The molecule has 1 aliphatic rings. The normalized spacial score (nSPS) is 16.2. The van der Waals surface area contributed by atoms with E-state index in [4.69, 9.17) is 0 Å². The number of nitrogens with zero attached hydrogens (tertiary/aromatic N) is 5. The molecule has 3 heterocycles. The van der Waals surface area contributed by atoms with Gasteiger partial charge in [0.1, 0.15) is 5.69 Å². The predicted octanol–water partition coefficient (Wildman–Crippen LogP) is 4.85. The van der Waals surface area contributed by atoms with Gasteiger partial charge in [-0.3, -0.25) is 0 Å². The van der Waals surface area contributed by atoms with Crippen LogP contribution in [0.25, 0.3) is 22.3 Å². The maximum absolute atomic E-state index is 14.6. The number of rotatable bonds is 4. The third kappa shape index (κ3) is 3.61. The van der Waals surface area contributed by atoms with Crippen LogP contribution in [0.2, 0.25) is 0 Å². The number of aromatic hydroxyl groups is 1. The topological polar surface area (TPSA) is 67.1 Å². The summed E-state index contributed by atoms with van der Waals surface area (Å²) in [5, 5.41) is 13.9. The fraction of sp³-hybridized carbons (Fsp3) is 0.261. The smallest absolute Gasteiger partial charge is 0.419 e. The van der Waals surface area contributed by atoms with Gasteiger partial charge in [-0.2, -0.15) is 23.3 Å². The van der Waals surface area contributed by atoms with Crippen molar-refractivity contribution in [3.05, 3.63) is 65.4 Å². The summed E-state index contributed by atoms with van der Waals surface area (Å²) in [5.74, 6) is -4.91. The number of anilines is 1. The summed E-state index contributed by atoms with van der Waals surface area (Å²) in [7, 11) is 1.51. The zero-order valence-electron chi connectivity index (χ0n) is 17.8. The zero-order valence-corrected chi connectivity index (χ0v) is 17.8. The van der Waals surface area contributed by atoms with Gasteiger partial charge in [0, 0.05) is 31.4 Å². The average Bonchev–Trinajstić information content (AvgIpc) is 3.11. The van der Waals surface area contributed by atoms with Crippen LogP contribution in [0.1, 0.15) is 17.5 Å². The monoisotopic (exact) mass is 475 g/mol. The Morgan fingerprint density at radius 1 is 1.12 bits per heavy atom. The Bertz CT molecular complexity index is 1390. The van der Waals surface area contributed by atoms with Crippen LogP contribution in [0.5, 0.6) is 5.75 Å². The van der Waals surface area contributed by atoms with E-state index >= 15 is 0 Å². The average molecular weight is 475 g/mol. The van der Waals surface area contributed by atoms with Crippen molar-refractivity contribution >= 4 is 17.0 Å². The first-order valence-corrected chi connectivity index (χ1v) is 10.4. The number of halogens is 5. The Kier molecular flexibility index (Phi) is 5.14. The number of phenolic OH excluding ortho intramolecular Hbond substituents is 1. The molecule has 4 aromatic rings. The lowest BCUT2D eigenvalue weighted by Gasteiger charge is -2.41. The molecule has 1 fully saturated rings. The van der Waals surface area contributed by atoms with Crippen molar-refractivity contribution in [1.82, 2.24) is 19.7 Å². The first-order valence-electron chi connectivity index (χ1n) is 10.4. The van der Waals surface area contributed by atoms with E-state index in [1.165, 1.54) is 23.5 Å². The number of fused-ring (bicyclic) bond motifs is 1. The van der Waals surface area contributed by atoms with Crippen LogP contribution < -0.4 is 4.90 Å². The van der Waals surface area contributed by atoms with Crippen molar-refractivity contribution in [2.45, 2.75) is 25.1 Å². The molecule has 5 rings (SSSR count). The number of phenols is 1. The molecule has 0 spiro atoms. The highest BCUT2D eigenvalue weighted by atomic mass is 19.4. The van der Waals surface area contributed by atoms with Gasteiger partial charge in [0.25, 0.3) is 0 Å². The summed E-state index contributed by atoms with van der Waals surface area (Å²) in [6, 6.07) is 10.4. The molecule has 2 aromatic carbocycles. The van der Waals surface area contributed by atoms with Crippen molar-refractivity contribution in [3.8, 4) is 17.0 Å². The minimum Gasteiger partial charge on any atom is -0.503 e. The summed E-state index contributed by atoms with van der Waals surface area (Å²) in [5.41, 5.74) is -1.27. The number of benzene rings is 2. The lowest BCUT2D eigenvalue weighted by Crippen LogP contribution is -2.50. The number of aryl methyl sites for hydroxylation is 1. The predicted molar refractivity (Wildman–Crippen MR) is 114 cm³/mol. The standard InChI is InChI=1S/C23H18F5N5O/c1-32-21-15(19(31-32)14-10-16(23(26,27)28)18(25)20(34)17(14)24)11-29-22(30-21)33-8-7-13(33)9-12-5-3-2-4-6-12/h2-6,10-11,13,34H,7-9H2,1H3/t13-/m1/s1. The van der Waals surface area contributed by atoms with Crippen molar-refractivity contribution in [1.29, 1.82) is 0 Å². The summed E-state index contributed by atoms with van der Waals surface area (Å²) >= 11 is 0. The first-order chi connectivity index (χ1) is 16.1. The van der Waals surface area contributed by atoms with Gasteiger partial charge >= 0.3 is 6.18 Å². The molecule has 0 radical (unpaired) electrons. The van der Waals surface area contributed by atoms with Gasteiger partial charge in [0.2, 0.25) is 5.95 Å². The SMILES string of the molecule is Cn1nc(-c2cc(C(F)(F)F)c(F)c(O)c2F)c2cnc(N3CC[C@@H]3Cc3ccccc3)nc21. The van der Waals surface area contributed by atoms with Gasteiger partial charge in [0.05, 0.1) is 10.9 Å². The van der Waals surface area contributed by atoms with Crippen LogP contribution >= 0.6 is 0 Å². The van der Waals surface area contributed by atoms with E-state index in [9.17, 15) is 27.1 Å². The zero-order chi connectivity index (χ0) is 24.2.